The van der Waals surface area contributed by atoms with Crippen LogP contribution in [0.4, 0.5) is 0 Å². The van der Waals surface area contributed by atoms with Gasteiger partial charge in [0, 0.05) is 24.7 Å². The van der Waals surface area contributed by atoms with Gasteiger partial charge in [-0.05, 0) is 50.3 Å². The zero-order valence-corrected chi connectivity index (χ0v) is 17.3. The predicted octanol–water partition coefficient (Wildman–Crippen LogP) is 3.33. The number of benzene rings is 1. The van der Waals surface area contributed by atoms with Crippen LogP contribution in [0.1, 0.15) is 32.1 Å². The molecule has 1 aromatic carbocycles. The molecule has 1 aromatic heterocycles. The first-order valence-corrected chi connectivity index (χ1v) is 11.2. The molecule has 0 aliphatic carbocycles. The molecule has 150 valence electrons. The van der Waals surface area contributed by atoms with Gasteiger partial charge in [-0.3, -0.25) is 14.2 Å². The van der Waals surface area contributed by atoms with E-state index in [2.05, 4.69) is 4.98 Å². The summed E-state index contributed by atoms with van der Waals surface area (Å²) < 4.78 is 7.39. The van der Waals surface area contributed by atoms with Crippen LogP contribution in [-0.2, 0) is 16.1 Å². The second-order valence-corrected chi connectivity index (χ2v) is 8.72. The Hall–Kier alpha value is -1.57. The highest BCUT2D eigenvalue weighted by molar-refractivity contribution is 7.99. The fraction of sp³-hybridized carbons (Fsp3) is 0.550. The zero-order valence-electron chi connectivity index (χ0n) is 15.7. The maximum Gasteiger partial charge on any atom is 0.262 e. The number of ether oxygens (including phenoxy) is 1. The lowest BCUT2D eigenvalue weighted by atomic mass is 10.1. The number of hydrogen-bond donors (Lipinski definition) is 0. The number of carbonyl (C=O) groups is 1. The Morgan fingerprint density at radius 2 is 2.07 bits per heavy atom. The van der Waals surface area contributed by atoms with Gasteiger partial charge in [-0.25, -0.2) is 4.98 Å². The van der Waals surface area contributed by atoms with Crippen LogP contribution in [0.25, 0.3) is 10.9 Å². The highest BCUT2D eigenvalue weighted by Crippen LogP contribution is 2.23. The monoisotopic (exact) mass is 421 g/mol. The van der Waals surface area contributed by atoms with Crippen molar-refractivity contribution < 1.29 is 9.53 Å². The summed E-state index contributed by atoms with van der Waals surface area (Å²) in [5.41, 5.74) is 0.457. The number of rotatable bonds is 5. The molecule has 0 radical (unpaired) electrons. The Kier molecular flexibility index (Phi) is 6.23. The van der Waals surface area contributed by atoms with Gasteiger partial charge in [0.15, 0.2) is 5.16 Å². The highest BCUT2D eigenvalue weighted by atomic mass is 35.5. The molecule has 0 N–H and O–H groups in total. The van der Waals surface area contributed by atoms with Gasteiger partial charge in [0.2, 0.25) is 5.91 Å². The zero-order chi connectivity index (χ0) is 19.5. The van der Waals surface area contributed by atoms with E-state index in [1.54, 1.807) is 22.8 Å². The van der Waals surface area contributed by atoms with Crippen LogP contribution < -0.4 is 5.56 Å². The van der Waals surface area contributed by atoms with E-state index in [1.807, 2.05) is 4.90 Å². The Labute approximate surface area is 173 Å². The number of amides is 1. The topological polar surface area (TPSA) is 64.4 Å². The highest BCUT2D eigenvalue weighted by Gasteiger charge is 2.22. The van der Waals surface area contributed by atoms with Crippen LogP contribution >= 0.6 is 23.4 Å². The molecule has 0 saturated carbocycles. The fourth-order valence-electron chi connectivity index (χ4n) is 3.80. The average Bonchev–Trinajstić information content (AvgIpc) is 3.22. The van der Waals surface area contributed by atoms with E-state index in [-0.39, 0.29) is 23.3 Å². The molecule has 0 unspecified atom stereocenters. The third-order valence-corrected chi connectivity index (χ3v) is 6.52. The first-order chi connectivity index (χ1) is 13.6. The Balaban J connectivity index is 1.61. The van der Waals surface area contributed by atoms with Crippen LogP contribution in [0.15, 0.2) is 28.2 Å². The van der Waals surface area contributed by atoms with Gasteiger partial charge in [0.1, 0.15) is 0 Å². The molecule has 2 aliphatic rings. The quantitative estimate of drug-likeness (QED) is 0.547. The largest absolute Gasteiger partial charge is 0.376 e. The van der Waals surface area contributed by atoms with E-state index in [0.717, 1.165) is 45.4 Å². The molecule has 2 fully saturated rings. The third-order valence-electron chi connectivity index (χ3n) is 5.33. The first-order valence-electron chi connectivity index (χ1n) is 9.84. The lowest BCUT2D eigenvalue weighted by Crippen LogP contribution is -2.37. The number of aromatic nitrogens is 2. The van der Waals surface area contributed by atoms with Crippen molar-refractivity contribution in [1.29, 1.82) is 0 Å². The van der Waals surface area contributed by atoms with Crippen molar-refractivity contribution in [3.8, 4) is 0 Å². The van der Waals surface area contributed by atoms with Crippen molar-refractivity contribution in [2.24, 2.45) is 0 Å². The van der Waals surface area contributed by atoms with E-state index in [1.165, 1.54) is 18.2 Å². The number of fused-ring (bicyclic) bond motifs is 1. The van der Waals surface area contributed by atoms with Crippen LogP contribution in [0.5, 0.6) is 0 Å². The van der Waals surface area contributed by atoms with Crippen LogP contribution in [0, 0.1) is 0 Å². The van der Waals surface area contributed by atoms with Crippen molar-refractivity contribution in [2.45, 2.75) is 49.9 Å². The lowest BCUT2D eigenvalue weighted by molar-refractivity contribution is -0.129. The van der Waals surface area contributed by atoms with Gasteiger partial charge < -0.3 is 9.64 Å². The second kappa shape index (κ2) is 8.84. The second-order valence-electron chi connectivity index (χ2n) is 7.34. The normalized spacial score (nSPS) is 20.0. The molecule has 1 atom stereocenters. The molecule has 3 heterocycles. The summed E-state index contributed by atoms with van der Waals surface area (Å²) in [4.78, 5) is 32.3. The maximum absolute atomic E-state index is 13.1. The van der Waals surface area contributed by atoms with Crippen molar-refractivity contribution in [3.05, 3.63) is 33.6 Å². The molecule has 4 rings (SSSR count). The Bertz CT molecular complexity index is 921. The summed E-state index contributed by atoms with van der Waals surface area (Å²) in [5.74, 6) is 0.387. The van der Waals surface area contributed by atoms with Crippen LogP contribution in [0.3, 0.4) is 0 Å². The van der Waals surface area contributed by atoms with E-state index >= 15 is 0 Å². The summed E-state index contributed by atoms with van der Waals surface area (Å²) >= 11 is 7.42. The van der Waals surface area contributed by atoms with Crippen molar-refractivity contribution in [3.63, 3.8) is 0 Å². The smallest absolute Gasteiger partial charge is 0.262 e. The lowest BCUT2D eigenvalue weighted by Gasteiger charge is -2.26. The van der Waals surface area contributed by atoms with E-state index in [0.29, 0.717) is 27.6 Å². The van der Waals surface area contributed by atoms with Gasteiger partial charge in [0.25, 0.3) is 5.56 Å². The summed E-state index contributed by atoms with van der Waals surface area (Å²) in [5, 5.41) is 1.63. The van der Waals surface area contributed by atoms with Gasteiger partial charge in [-0.2, -0.15) is 0 Å². The molecular formula is C20H24ClN3O3S. The van der Waals surface area contributed by atoms with Crippen LogP contribution in [0.2, 0.25) is 5.02 Å². The molecule has 1 amide bonds. The SMILES string of the molecule is O=C(CSc1nc2cc(Cl)ccc2c(=O)n1C[C@@H]1CCCO1)N1CCCCC1. The van der Waals surface area contributed by atoms with Gasteiger partial charge in [-0.1, -0.05) is 23.4 Å². The maximum atomic E-state index is 13.1. The number of piperidine rings is 1. The Morgan fingerprint density at radius 3 is 2.82 bits per heavy atom. The number of halogens is 1. The number of carbonyl (C=O) groups excluding carboxylic acids is 1. The van der Waals surface area contributed by atoms with Crippen molar-refractivity contribution >= 4 is 40.2 Å². The summed E-state index contributed by atoms with van der Waals surface area (Å²) in [6.07, 6.45) is 5.26. The molecule has 2 saturated heterocycles. The summed E-state index contributed by atoms with van der Waals surface area (Å²) in [6.45, 7) is 2.84. The standard InChI is InChI=1S/C20H24ClN3O3S/c21-14-6-7-16-17(11-14)22-20(24(19(16)26)12-15-5-4-10-27-15)28-13-18(25)23-8-2-1-3-9-23/h6-7,11,15H,1-5,8-10,12-13H2/t15-/m0/s1. The Morgan fingerprint density at radius 1 is 1.25 bits per heavy atom. The molecular weight excluding hydrogens is 398 g/mol. The van der Waals surface area contributed by atoms with Gasteiger partial charge in [-0.15, -0.1) is 0 Å². The molecule has 0 bridgehead atoms. The number of nitrogens with zero attached hydrogens (tertiary/aromatic N) is 3. The summed E-state index contributed by atoms with van der Waals surface area (Å²) in [7, 11) is 0. The predicted molar refractivity (Wildman–Crippen MR) is 111 cm³/mol. The van der Waals surface area contributed by atoms with Crippen molar-refractivity contribution in [1.82, 2.24) is 14.5 Å². The van der Waals surface area contributed by atoms with Crippen molar-refractivity contribution in [2.75, 3.05) is 25.4 Å². The molecule has 2 aliphatic heterocycles. The number of thioether (sulfide) groups is 1. The first kappa shape index (κ1) is 19.7. The third kappa shape index (κ3) is 4.36. The van der Waals surface area contributed by atoms with Gasteiger partial charge >= 0.3 is 0 Å². The average molecular weight is 422 g/mol. The minimum absolute atomic E-state index is 0.0152. The molecule has 28 heavy (non-hydrogen) atoms. The minimum Gasteiger partial charge on any atom is -0.376 e. The van der Waals surface area contributed by atoms with Gasteiger partial charge in [0.05, 0.1) is 29.3 Å². The molecule has 6 nitrogen and oxygen atoms in total. The molecule has 2 aromatic rings. The fourth-order valence-corrected chi connectivity index (χ4v) is 4.88. The summed E-state index contributed by atoms with van der Waals surface area (Å²) in [6, 6.07) is 5.12. The molecule has 8 heteroatoms. The minimum atomic E-state index is -0.106. The van der Waals surface area contributed by atoms with E-state index < -0.39 is 0 Å². The van der Waals surface area contributed by atoms with E-state index in [4.69, 9.17) is 16.3 Å². The number of likely N-dealkylation sites (tertiary alicyclic amines) is 1. The molecule has 0 spiro atoms. The van der Waals surface area contributed by atoms with E-state index in [9.17, 15) is 9.59 Å². The number of hydrogen-bond acceptors (Lipinski definition) is 5. The van der Waals surface area contributed by atoms with Crippen LogP contribution in [-0.4, -0.2) is 51.9 Å².